The molecule has 4 atom stereocenters. The zero-order chi connectivity index (χ0) is 35.6. The summed E-state index contributed by atoms with van der Waals surface area (Å²) in [5, 5.41) is 0. The maximum absolute atomic E-state index is 14.3. The summed E-state index contributed by atoms with van der Waals surface area (Å²) in [7, 11) is 4.03. The van der Waals surface area contributed by atoms with Gasteiger partial charge in [-0.1, -0.05) is 86.6 Å². The van der Waals surface area contributed by atoms with Gasteiger partial charge in [-0.25, -0.2) is 4.79 Å². The number of nitrogens with zero attached hydrogens (tertiary/aromatic N) is 3. The summed E-state index contributed by atoms with van der Waals surface area (Å²) in [6.07, 6.45) is 3.36. The van der Waals surface area contributed by atoms with E-state index in [0.717, 1.165) is 54.7 Å². The van der Waals surface area contributed by atoms with E-state index >= 15 is 0 Å². The Hall–Kier alpha value is -4.33. The topological polar surface area (TPSA) is 71.9 Å². The molecule has 3 aromatic carbocycles. The van der Waals surface area contributed by atoms with Crippen LogP contribution in [0.3, 0.4) is 0 Å². The van der Waals surface area contributed by atoms with Crippen LogP contribution in [0.1, 0.15) is 99.5 Å². The number of carbonyl (C=O) groups excluding carboxylic acids is 3. The molecule has 2 aliphatic rings. The third kappa shape index (κ3) is 6.86. The van der Waals surface area contributed by atoms with Crippen molar-refractivity contribution in [1.29, 1.82) is 0 Å². The van der Waals surface area contributed by atoms with Crippen LogP contribution in [-0.2, 0) is 18.4 Å². The Morgan fingerprint density at radius 2 is 1.68 bits per heavy atom. The molecule has 1 aliphatic carbocycles. The SMILES string of the molecule is CCC1C(=O)c2c(C)c(C(=O)Oc3cccc(C4(C)CCCN(CC(=O)c5ccccc5)C4C)c3)n(CCN(C)C)c2CC1c1ccccc1. The number of fused-ring (bicyclic) bond motifs is 1. The van der Waals surface area contributed by atoms with Crippen molar-refractivity contribution < 1.29 is 19.1 Å². The van der Waals surface area contributed by atoms with Crippen molar-refractivity contribution in [3.63, 3.8) is 0 Å². The molecule has 7 nitrogen and oxygen atoms in total. The van der Waals surface area contributed by atoms with Crippen LogP contribution in [0.25, 0.3) is 0 Å². The molecule has 262 valence electrons. The number of piperidine rings is 1. The number of esters is 1. The molecule has 0 N–H and O–H groups in total. The average molecular weight is 674 g/mol. The van der Waals surface area contributed by atoms with Gasteiger partial charge in [-0.05, 0) is 94.9 Å². The first-order valence-electron chi connectivity index (χ1n) is 18.1. The molecule has 1 saturated heterocycles. The van der Waals surface area contributed by atoms with E-state index in [4.69, 9.17) is 4.74 Å². The minimum atomic E-state index is -0.443. The number of likely N-dealkylation sites (tertiary alicyclic amines) is 1. The van der Waals surface area contributed by atoms with Crippen LogP contribution in [0, 0.1) is 12.8 Å². The normalized spacial score (nSPS) is 22.4. The molecule has 2 heterocycles. The minimum Gasteiger partial charge on any atom is -0.422 e. The van der Waals surface area contributed by atoms with E-state index in [9.17, 15) is 14.4 Å². The molecule has 1 fully saturated rings. The predicted octanol–water partition coefficient (Wildman–Crippen LogP) is 7.75. The Kier molecular flexibility index (Phi) is 10.6. The summed E-state index contributed by atoms with van der Waals surface area (Å²) < 4.78 is 8.27. The molecule has 0 radical (unpaired) electrons. The van der Waals surface area contributed by atoms with Gasteiger partial charge < -0.3 is 14.2 Å². The van der Waals surface area contributed by atoms with Gasteiger partial charge in [0.25, 0.3) is 0 Å². The Labute approximate surface area is 297 Å². The highest BCUT2D eigenvalue weighted by Gasteiger charge is 2.42. The fraction of sp³-hybridized carbons (Fsp3) is 0.419. The second kappa shape index (κ2) is 14.9. The first-order valence-corrected chi connectivity index (χ1v) is 18.1. The van der Waals surface area contributed by atoms with Gasteiger partial charge in [0.2, 0.25) is 0 Å². The molecule has 1 aliphatic heterocycles. The molecule has 0 bridgehead atoms. The van der Waals surface area contributed by atoms with Crippen molar-refractivity contribution in [1.82, 2.24) is 14.4 Å². The van der Waals surface area contributed by atoms with Gasteiger partial charge in [0.05, 0.1) is 6.54 Å². The molecule has 0 amide bonds. The molecular weight excluding hydrogens is 622 g/mol. The Balaban J connectivity index is 1.29. The van der Waals surface area contributed by atoms with Crippen LogP contribution >= 0.6 is 0 Å². The van der Waals surface area contributed by atoms with E-state index in [0.29, 0.717) is 42.1 Å². The summed E-state index contributed by atoms with van der Waals surface area (Å²) in [4.78, 5) is 46.0. The third-order valence-electron chi connectivity index (χ3n) is 11.5. The van der Waals surface area contributed by atoms with Crippen molar-refractivity contribution >= 4 is 17.5 Å². The number of carbonyl (C=O) groups is 3. The quantitative estimate of drug-likeness (QED) is 0.0922. The number of benzene rings is 3. The average Bonchev–Trinajstić information content (AvgIpc) is 3.41. The minimum absolute atomic E-state index is 0.0509. The maximum Gasteiger partial charge on any atom is 0.360 e. The van der Waals surface area contributed by atoms with Crippen LogP contribution in [0.4, 0.5) is 0 Å². The molecule has 1 aromatic heterocycles. The van der Waals surface area contributed by atoms with Crippen LogP contribution in [0.5, 0.6) is 5.75 Å². The van der Waals surface area contributed by atoms with Crippen molar-refractivity contribution in [2.24, 2.45) is 5.92 Å². The fourth-order valence-electron chi connectivity index (χ4n) is 8.42. The molecular formula is C43H51N3O4. The van der Waals surface area contributed by atoms with Crippen molar-refractivity contribution in [2.75, 3.05) is 33.7 Å². The Morgan fingerprint density at radius 3 is 2.36 bits per heavy atom. The monoisotopic (exact) mass is 673 g/mol. The van der Waals surface area contributed by atoms with Crippen LogP contribution in [0.15, 0.2) is 84.9 Å². The summed E-state index contributed by atoms with van der Waals surface area (Å²) in [6.45, 7) is 11.0. The summed E-state index contributed by atoms with van der Waals surface area (Å²) in [5.74, 6) is 0.190. The highest BCUT2D eigenvalue weighted by Crippen LogP contribution is 2.43. The van der Waals surface area contributed by atoms with E-state index in [2.05, 4.69) is 53.3 Å². The number of hydrogen-bond donors (Lipinski definition) is 0. The van der Waals surface area contributed by atoms with Crippen LogP contribution in [-0.4, -0.2) is 71.7 Å². The second-order valence-corrected chi connectivity index (χ2v) is 14.7. The Morgan fingerprint density at radius 1 is 0.980 bits per heavy atom. The zero-order valence-corrected chi connectivity index (χ0v) is 30.4. The van der Waals surface area contributed by atoms with E-state index in [1.165, 1.54) is 0 Å². The highest BCUT2D eigenvalue weighted by molar-refractivity contribution is 6.05. The number of rotatable bonds is 11. The smallest absolute Gasteiger partial charge is 0.360 e. The lowest BCUT2D eigenvalue weighted by atomic mass is 9.70. The first-order chi connectivity index (χ1) is 24.0. The van der Waals surface area contributed by atoms with Crippen LogP contribution in [0.2, 0.25) is 0 Å². The van der Waals surface area contributed by atoms with Crippen LogP contribution < -0.4 is 4.74 Å². The van der Waals surface area contributed by atoms with E-state index in [1.807, 2.05) is 87.7 Å². The van der Waals surface area contributed by atoms with E-state index in [1.54, 1.807) is 0 Å². The van der Waals surface area contributed by atoms with Gasteiger partial charge in [0.15, 0.2) is 11.6 Å². The fourth-order valence-corrected chi connectivity index (χ4v) is 8.42. The van der Waals surface area contributed by atoms with Gasteiger partial charge in [0.1, 0.15) is 11.4 Å². The number of aromatic nitrogens is 1. The van der Waals surface area contributed by atoms with E-state index < -0.39 is 5.97 Å². The summed E-state index contributed by atoms with van der Waals surface area (Å²) in [5.41, 5.74) is 5.52. The predicted molar refractivity (Wildman–Crippen MR) is 199 cm³/mol. The number of likely N-dealkylation sites (N-methyl/N-ethyl adjacent to an activating group) is 1. The zero-order valence-electron chi connectivity index (χ0n) is 30.4. The van der Waals surface area contributed by atoms with Crippen molar-refractivity contribution in [3.8, 4) is 5.75 Å². The number of hydrogen-bond acceptors (Lipinski definition) is 6. The van der Waals surface area contributed by atoms with Crippen molar-refractivity contribution in [3.05, 3.63) is 124 Å². The van der Waals surface area contributed by atoms with E-state index in [-0.39, 0.29) is 34.9 Å². The summed E-state index contributed by atoms with van der Waals surface area (Å²) in [6, 6.07) is 27.8. The number of ether oxygens (including phenoxy) is 1. The molecule has 0 saturated carbocycles. The lowest BCUT2D eigenvalue weighted by molar-refractivity contribution is 0.0678. The number of Topliss-reactive ketones (excluding diaryl/α,β-unsaturated/α-hetero) is 2. The third-order valence-corrected chi connectivity index (χ3v) is 11.5. The maximum atomic E-state index is 14.3. The molecule has 0 spiro atoms. The Bertz CT molecular complexity index is 1850. The summed E-state index contributed by atoms with van der Waals surface area (Å²) >= 11 is 0. The van der Waals surface area contributed by atoms with Gasteiger partial charge in [-0.3, -0.25) is 14.5 Å². The lowest BCUT2D eigenvalue weighted by Gasteiger charge is -2.47. The largest absolute Gasteiger partial charge is 0.422 e. The second-order valence-electron chi connectivity index (χ2n) is 14.7. The van der Waals surface area contributed by atoms with Gasteiger partial charge in [-0.2, -0.15) is 0 Å². The first kappa shape index (κ1) is 35.5. The lowest BCUT2D eigenvalue weighted by Crippen LogP contribution is -2.53. The van der Waals surface area contributed by atoms with Gasteiger partial charge >= 0.3 is 5.97 Å². The molecule has 6 rings (SSSR count). The van der Waals surface area contributed by atoms with Crippen molar-refractivity contribution in [2.45, 2.75) is 77.3 Å². The molecule has 4 unspecified atom stereocenters. The standard InChI is InChI=1S/C43H51N3O4/c1-7-35-36(31-16-10-8-11-17-31)27-37-39(41(35)48)29(2)40(46(37)25-24-44(5)6)42(49)50-34-21-14-20-33(26-34)43(4)22-15-23-45(30(43)3)28-38(47)32-18-12-9-13-19-32/h8-14,16-21,26,30,35-36H,7,15,22-25,27-28H2,1-6H3. The van der Waals surface area contributed by atoms with Gasteiger partial charge in [-0.15, -0.1) is 0 Å². The molecule has 50 heavy (non-hydrogen) atoms. The molecule has 7 heteroatoms. The number of ketones is 2. The van der Waals surface area contributed by atoms with Gasteiger partial charge in [0, 0.05) is 47.3 Å². The highest BCUT2D eigenvalue weighted by atomic mass is 16.5. The molecule has 4 aromatic rings.